The molecule has 0 saturated heterocycles. The average molecular weight is 293 g/mol. The van der Waals surface area contributed by atoms with E-state index >= 15 is 0 Å². The number of nitrogens with one attached hydrogen (secondary N) is 2. The molecule has 1 aromatic heterocycles. The van der Waals surface area contributed by atoms with E-state index in [1.807, 2.05) is 0 Å². The van der Waals surface area contributed by atoms with E-state index in [1.54, 1.807) is 12.4 Å². The third-order valence-corrected chi connectivity index (χ3v) is 0.952. The van der Waals surface area contributed by atoms with Crippen LogP contribution in [-0.2, 0) is 32.7 Å². The van der Waals surface area contributed by atoms with Crippen molar-refractivity contribution in [1.82, 2.24) is 16.1 Å². The van der Waals surface area contributed by atoms with E-state index in [1.165, 1.54) is 12.0 Å². The van der Waals surface area contributed by atoms with Crippen molar-refractivity contribution >= 4 is 5.91 Å². The molecular formula is C6H10N3O5Y-. The molecule has 1 amide bonds. The Balaban J connectivity index is 0. The van der Waals surface area contributed by atoms with Crippen molar-refractivity contribution < 1.29 is 57.5 Å². The Bertz CT molecular complexity index is 277. The van der Waals surface area contributed by atoms with Gasteiger partial charge < -0.3 is 20.3 Å². The number of amides is 1. The second-order valence-corrected chi connectivity index (χ2v) is 1.91. The molecule has 0 aromatic carbocycles. The number of hydrogen-bond donors (Lipinski definition) is 5. The predicted octanol–water partition coefficient (Wildman–Crippen LogP) is -0.356. The molecule has 1 radical (unpaired) electrons. The second-order valence-electron chi connectivity index (χ2n) is 1.91. The van der Waals surface area contributed by atoms with Gasteiger partial charge in [0, 0.05) is 32.7 Å². The van der Waals surface area contributed by atoms with E-state index in [0.29, 0.717) is 0 Å². The van der Waals surface area contributed by atoms with Gasteiger partial charge in [-0.3, -0.25) is 10.0 Å². The maximum atomic E-state index is 10.4. The van der Waals surface area contributed by atoms with Gasteiger partial charge in [-0.1, -0.05) is 0 Å². The number of hydroxylamine groups is 2. The first-order chi connectivity index (χ1) is 6.65. The number of rotatable bonds is 2. The molecule has 0 aliphatic heterocycles. The first kappa shape index (κ1) is 16.9. The van der Waals surface area contributed by atoms with Crippen molar-refractivity contribution in [1.29, 1.82) is 0 Å². The molecule has 0 aliphatic carbocycles. The van der Waals surface area contributed by atoms with Crippen molar-refractivity contribution in [2.45, 2.75) is 6.92 Å². The van der Waals surface area contributed by atoms with E-state index < -0.39 is 11.8 Å². The van der Waals surface area contributed by atoms with Crippen LogP contribution in [0.4, 0.5) is 0 Å². The zero-order valence-corrected chi connectivity index (χ0v) is 10.7. The summed E-state index contributed by atoms with van der Waals surface area (Å²) in [5, 5.41) is 27.1. The molecule has 0 atom stereocenters. The number of hydrogen-bond acceptors (Lipinski definition) is 7. The molecule has 9 heteroatoms. The summed E-state index contributed by atoms with van der Waals surface area (Å²) in [6, 6.07) is 0.978. The molecule has 1 aromatic rings. The molecule has 0 saturated carbocycles. The molecule has 0 fully saturated rings. The molecule has 0 spiro atoms. The molecule has 0 aliphatic rings. The molecule has 0 bridgehead atoms. The normalized spacial score (nSPS) is 8.20. The van der Waals surface area contributed by atoms with Gasteiger partial charge in [0.1, 0.15) is 0 Å². The van der Waals surface area contributed by atoms with Gasteiger partial charge in [-0.25, -0.2) is 12.0 Å². The second kappa shape index (κ2) is 10.00. The minimum absolute atomic E-state index is 0. The smallest absolute Gasteiger partial charge is 0.313 e. The van der Waals surface area contributed by atoms with Crippen LogP contribution in [0.5, 0.6) is 5.88 Å². The fourth-order valence-corrected chi connectivity index (χ4v) is 0.428. The first-order valence-electron chi connectivity index (χ1n) is 3.43. The van der Waals surface area contributed by atoms with Crippen LogP contribution in [0.15, 0.2) is 10.6 Å². The number of aromatic nitrogens is 1. The topological polar surface area (TPSA) is 128 Å². The van der Waals surface area contributed by atoms with E-state index in [0.717, 1.165) is 6.07 Å². The van der Waals surface area contributed by atoms with E-state index in [2.05, 4.69) is 9.68 Å². The van der Waals surface area contributed by atoms with E-state index in [4.69, 9.17) is 15.5 Å². The number of aromatic hydroxyl groups is 1. The zero-order chi connectivity index (χ0) is 11.0. The molecule has 0 unspecified atom stereocenters. The summed E-state index contributed by atoms with van der Waals surface area (Å²) in [7, 11) is 0. The maximum absolute atomic E-state index is 10.4. The van der Waals surface area contributed by atoms with Gasteiger partial charge in [-0.15, -0.1) is 0 Å². The van der Waals surface area contributed by atoms with Gasteiger partial charge in [0.25, 0.3) is 5.88 Å². The fraction of sp³-hybridized carbons (Fsp3) is 0.167. The summed E-state index contributed by atoms with van der Waals surface area (Å²) >= 11 is 0. The average Bonchev–Trinajstić information content (AvgIpc) is 2.64. The summed E-state index contributed by atoms with van der Waals surface area (Å²) in [6.07, 6.45) is 0. The molecule has 8 nitrogen and oxygen atoms in total. The minimum Gasteiger partial charge on any atom is -0.491 e. The third-order valence-electron chi connectivity index (χ3n) is 0.952. The summed E-state index contributed by atoms with van der Waals surface area (Å²) in [6.45, 7) is 3.12. The Hall–Kier alpha value is -0.536. The van der Waals surface area contributed by atoms with Gasteiger partial charge >= 0.3 is 5.91 Å². The fourth-order valence-electron chi connectivity index (χ4n) is 0.428. The number of nitrogens with zero attached hydrogens (tertiary/aromatic N) is 1. The summed E-state index contributed by atoms with van der Waals surface area (Å²) in [5.74, 6) is -1.51. The standard InChI is InChI=1S/C4H4N2O4.C2H6NO.Y/c7-3-1-2(10-6-3)4(8)5-9;1-2-3-4;/h1,9H,(H,5,8)(H,6,7);2-4H,1H3;/q;-1;. The zero-order valence-electron chi connectivity index (χ0n) is 7.84. The van der Waals surface area contributed by atoms with Crippen molar-refractivity contribution in [2.24, 2.45) is 0 Å². The molecule has 83 valence electrons. The van der Waals surface area contributed by atoms with Crippen LogP contribution >= 0.6 is 0 Å². The van der Waals surface area contributed by atoms with Crippen LogP contribution in [0.1, 0.15) is 17.5 Å². The molecular weight excluding hydrogens is 283 g/mol. The Morgan fingerprint density at radius 2 is 2.13 bits per heavy atom. The quantitative estimate of drug-likeness (QED) is 0.286. The SMILES string of the molecule is C[CH-]NO.O=C(NO)c1cc(O)no1.[Y]. The third kappa shape index (κ3) is 7.40. The van der Waals surface area contributed by atoms with Crippen molar-refractivity contribution in [3.05, 3.63) is 18.4 Å². The first-order valence-corrected chi connectivity index (χ1v) is 3.43. The Morgan fingerprint density at radius 3 is 2.40 bits per heavy atom. The molecule has 5 N–H and O–H groups in total. The Labute approximate surface area is 110 Å². The Morgan fingerprint density at radius 1 is 1.60 bits per heavy atom. The summed E-state index contributed by atoms with van der Waals surface area (Å²) in [5.41, 5.74) is 3.12. The van der Waals surface area contributed by atoms with E-state index in [9.17, 15) is 4.79 Å². The van der Waals surface area contributed by atoms with Crippen LogP contribution in [-0.4, -0.2) is 26.6 Å². The maximum Gasteiger partial charge on any atom is 0.313 e. The molecule has 1 heterocycles. The van der Waals surface area contributed by atoms with Crippen molar-refractivity contribution in [2.75, 3.05) is 0 Å². The largest absolute Gasteiger partial charge is 0.491 e. The summed E-state index contributed by atoms with van der Waals surface area (Å²) in [4.78, 5) is 10.4. The van der Waals surface area contributed by atoms with Crippen LogP contribution in [0.3, 0.4) is 0 Å². The van der Waals surface area contributed by atoms with Crippen LogP contribution in [0, 0.1) is 6.54 Å². The van der Waals surface area contributed by atoms with Gasteiger partial charge in [-0.2, -0.15) is 6.92 Å². The monoisotopic (exact) mass is 293 g/mol. The summed E-state index contributed by atoms with van der Waals surface area (Å²) < 4.78 is 4.24. The van der Waals surface area contributed by atoms with Gasteiger partial charge in [-0.05, 0) is 5.16 Å². The van der Waals surface area contributed by atoms with E-state index in [-0.39, 0.29) is 38.5 Å². The van der Waals surface area contributed by atoms with Crippen molar-refractivity contribution in [3.63, 3.8) is 0 Å². The number of carbonyl (C=O) groups excluding carboxylic acids is 1. The minimum atomic E-state index is -0.854. The predicted molar refractivity (Wildman–Crippen MR) is 42.3 cm³/mol. The van der Waals surface area contributed by atoms with Crippen LogP contribution in [0.25, 0.3) is 0 Å². The van der Waals surface area contributed by atoms with Crippen LogP contribution < -0.4 is 11.0 Å². The number of carbonyl (C=O) groups is 1. The van der Waals surface area contributed by atoms with Crippen molar-refractivity contribution in [3.8, 4) is 5.88 Å². The molecule has 1 rings (SSSR count). The van der Waals surface area contributed by atoms with Crippen LogP contribution in [0.2, 0.25) is 0 Å². The van der Waals surface area contributed by atoms with Gasteiger partial charge in [0.2, 0.25) is 5.76 Å². The van der Waals surface area contributed by atoms with Gasteiger partial charge in [0.15, 0.2) is 0 Å². The Kier molecular flexibility index (Phi) is 11.2. The molecule has 15 heavy (non-hydrogen) atoms. The van der Waals surface area contributed by atoms with Gasteiger partial charge in [0.05, 0.1) is 6.07 Å².